The first-order valence-corrected chi connectivity index (χ1v) is 9.26. The molecule has 1 aromatic carbocycles. The van der Waals surface area contributed by atoms with Crippen LogP contribution in [-0.2, 0) is 30.7 Å². The number of hydrogen-bond donors (Lipinski definition) is 1. The molecule has 8 heteroatoms. The number of carbonyl (C=O) groups is 1. The van der Waals surface area contributed by atoms with Crippen LogP contribution in [0.25, 0.3) is 0 Å². The highest BCUT2D eigenvalue weighted by Crippen LogP contribution is 2.20. The summed E-state index contributed by atoms with van der Waals surface area (Å²) in [5, 5.41) is 7.57. The summed E-state index contributed by atoms with van der Waals surface area (Å²) in [5.41, 5.74) is 0.114. The zero-order valence-electron chi connectivity index (χ0n) is 14.7. The molecule has 0 saturated carbocycles. The number of carbonyl (C=O) groups excluding carboxylic acids is 1. The molecule has 1 N–H and O–H groups in total. The number of aromatic nitrogens is 3. The highest BCUT2D eigenvalue weighted by Gasteiger charge is 2.22. The minimum absolute atomic E-state index is 0.0752. The molecule has 3 rings (SSSR count). The molecule has 1 aliphatic rings. The van der Waals surface area contributed by atoms with Crippen LogP contribution in [0, 0.1) is 5.82 Å². The van der Waals surface area contributed by atoms with Gasteiger partial charge in [-0.25, -0.2) is 13.9 Å². The lowest BCUT2D eigenvalue weighted by molar-refractivity contribution is -0.121. The average molecular weight is 381 g/mol. The van der Waals surface area contributed by atoms with Crippen LogP contribution in [0.4, 0.5) is 4.39 Å². The van der Waals surface area contributed by atoms with Crippen LogP contribution in [-0.4, -0.2) is 26.3 Å². The SMILES string of the molecule is CCCn1nc2n(c1=O)CCC(NC(=O)Cc1c(F)cccc1Cl)CC2. The van der Waals surface area contributed by atoms with Gasteiger partial charge < -0.3 is 5.32 Å². The lowest BCUT2D eigenvalue weighted by Crippen LogP contribution is -2.37. The first-order valence-electron chi connectivity index (χ1n) is 8.88. The van der Waals surface area contributed by atoms with E-state index in [1.54, 1.807) is 10.6 Å². The van der Waals surface area contributed by atoms with E-state index >= 15 is 0 Å². The van der Waals surface area contributed by atoms with Crippen LogP contribution in [0.15, 0.2) is 23.0 Å². The average Bonchev–Trinajstić information content (AvgIpc) is 2.77. The maximum Gasteiger partial charge on any atom is 0.345 e. The van der Waals surface area contributed by atoms with Gasteiger partial charge in [0.25, 0.3) is 0 Å². The van der Waals surface area contributed by atoms with E-state index in [0.29, 0.717) is 32.4 Å². The zero-order valence-corrected chi connectivity index (χ0v) is 15.4. The second-order valence-corrected chi connectivity index (χ2v) is 6.95. The van der Waals surface area contributed by atoms with Gasteiger partial charge in [-0.2, -0.15) is 5.10 Å². The van der Waals surface area contributed by atoms with Crippen molar-refractivity contribution in [2.24, 2.45) is 0 Å². The number of nitrogens with one attached hydrogen (secondary N) is 1. The number of nitrogens with zero attached hydrogens (tertiary/aromatic N) is 3. The van der Waals surface area contributed by atoms with Crippen molar-refractivity contribution in [2.75, 3.05) is 0 Å². The van der Waals surface area contributed by atoms with Crippen molar-refractivity contribution in [3.05, 3.63) is 50.9 Å². The van der Waals surface area contributed by atoms with Crippen molar-refractivity contribution >= 4 is 17.5 Å². The van der Waals surface area contributed by atoms with Crippen molar-refractivity contribution in [2.45, 2.75) is 58.2 Å². The van der Waals surface area contributed by atoms with Crippen molar-refractivity contribution in [1.82, 2.24) is 19.7 Å². The number of rotatable bonds is 5. The Morgan fingerprint density at radius 1 is 1.42 bits per heavy atom. The molecule has 0 aliphatic carbocycles. The Kier molecular flexibility index (Phi) is 5.76. The summed E-state index contributed by atoms with van der Waals surface area (Å²) >= 11 is 5.98. The molecule has 0 bridgehead atoms. The minimum atomic E-state index is -0.481. The monoisotopic (exact) mass is 380 g/mol. The summed E-state index contributed by atoms with van der Waals surface area (Å²) < 4.78 is 17.0. The van der Waals surface area contributed by atoms with E-state index in [4.69, 9.17) is 11.6 Å². The van der Waals surface area contributed by atoms with Crippen molar-refractivity contribution in [3.8, 4) is 0 Å². The molecule has 6 nitrogen and oxygen atoms in total. The first-order chi connectivity index (χ1) is 12.5. The molecule has 1 atom stereocenters. The Morgan fingerprint density at radius 2 is 2.23 bits per heavy atom. The lowest BCUT2D eigenvalue weighted by atomic mass is 10.1. The van der Waals surface area contributed by atoms with Gasteiger partial charge in [0.15, 0.2) is 0 Å². The van der Waals surface area contributed by atoms with Gasteiger partial charge in [-0.1, -0.05) is 24.6 Å². The van der Waals surface area contributed by atoms with Crippen LogP contribution in [0.2, 0.25) is 5.02 Å². The third-order valence-electron chi connectivity index (χ3n) is 4.62. The van der Waals surface area contributed by atoms with Crippen LogP contribution in [0.3, 0.4) is 0 Å². The van der Waals surface area contributed by atoms with Gasteiger partial charge in [-0.3, -0.25) is 9.36 Å². The summed E-state index contributed by atoms with van der Waals surface area (Å²) in [7, 11) is 0. The zero-order chi connectivity index (χ0) is 18.7. The molecule has 0 saturated heterocycles. The molecule has 0 radical (unpaired) electrons. The van der Waals surface area contributed by atoms with Crippen LogP contribution < -0.4 is 11.0 Å². The molecule has 0 spiro atoms. The summed E-state index contributed by atoms with van der Waals surface area (Å²) in [4.78, 5) is 24.6. The predicted molar refractivity (Wildman–Crippen MR) is 96.8 cm³/mol. The van der Waals surface area contributed by atoms with Crippen molar-refractivity contribution in [1.29, 1.82) is 0 Å². The summed E-state index contributed by atoms with van der Waals surface area (Å²) in [5.74, 6) is 0.00686. The van der Waals surface area contributed by atoms with Gasteiger partial charge in [0.1, 0.15) is 11.6 Å². The van der Waals surface area contributed by atoms with Gasteiger partial charge in [0, 0.05) is 36.1 Å². The number of halogens is 2. The Bertz CT molecular complexity index is 841. The molecule has 2 aromatic rings. The van der Waals surface area contributed by atoms with Gasteiger partial charge in [0.05, 0.1) is 6.42 Å². The number of amides is 1. The van der Waals surface area contributed by atoms with E-state index in [2.05, 4.69) is 10.4 Å². The Balaban J connectivity index is 1.62. The molecule has 140 valence electrons. The fourth-order valence-electron chi connectivity index (χ4n) is 3.27. The standard InChI is InChI=1S/C18H22ClFN4O2/c1-2-9-24-18(26)23-10-8-12(6-7-16(23)22-24)21-17(25)11-13-14(19)4-3-5-15(13)20/h3-5,12H,2,6-11H2,1H3,(H,21,25). The number of hydrogen-bond acceptors (Lipinski definition) is 3. The predicted octanol–water partition coefficient (Wildman–Crippen LogP) is 2.31. The van der Waals surface area contributed by atoms with E-state index < -0.39 is 5.82 Å². The van der Waals surface area contributed by atoms with Crippen LogP contribution in [0.5, 0.6) is 0 Å². The molecular weight excluding hydrogens is 359 g/mol. The highest BCUT2D eigenvalue weighted by molar-refractivity contribution is 6.31. The second-order valence-electron chi connectivity index (χ2n) is 6.54. The molecule has 1 aromatic heterocycles. The van der Waals surface area contributed by atoms with Crippen molar-refractivity contribution in [3.63, 3.8) is 0 Å². The fourth-order valence-corrected chi connectivity index (χ4v) is 3.50. The highest BCUT2D eigenvalue weighted by atomic mass is 35.5. The maximum absolute atomic E-state index is 13.8. The largest absolute Gasteiger partial charge is 0.353 e. The van der Waals surface area contributed by atoms with Gasteiger partial charge in [-0.15, -0.1) is 0 Å². The fraction of sp³-hybridized carbons (Fsp3) is 0.500. The Hall–Kier alpha value is -2.15. The molecule has 26 heavy (non-hydrogen) atoms. The number of fused-ring (bicyclic) bond motifs is 1. The van der Waals surface area contributed by atoms with Gasteiger partial charge >= 0.3 is 5.69 Å². The van der Waals surface area contributed by atoms with Gasteiger partial charge in [-0.05, 0) is 31.4 Å². The Morgan fingerprint density at radius 3 is 2.96 bits per heavy atom. The lowest BCUT2D eigenvalue weighted by Gasteiger charge is -2.16. The Labute approximate surface area is 156 Å². The molecular formula is C18H22ClFN4O2. The third kappa shape index (κ3) is 3.98. The maximum atomic E-state index is 13.8. The molecule has 1 unspecified atom stereocenters. The van der Waals surface area contributed by atoms with E-state index in [-0.39, 0.29) is 34.6 Å². The number of aryl methyl sites for hydroxylation is 2. The minimum Gasteiger partial charge on any atom is -0.353 e. The summed E-state index contributed by atoms with van der Waals surface area (Å²) in [6.07, 6.45) is 2.71. The summed E-state index contributed by atoms with van der Waals surface area (Å²) in [6, 6.07) is 4.30. The van der Waals surface area contributed by atoms with E-state index in [1.165, 1.54) is 16.8 Å². The van der Waals surface area contributed by atoms with Crippen LogP contribution in [0.1, 0.15) is 37.6 Å². The van der Waals surface area contributed by atoms with E-state index in [0.717, 1.165) is 12.2 Å². The molecule has 2 heterocycles. The van der Waals surface area contributed by atoms with Crippen LogP contribution >= 0.6 is 11.6 Å². The molecule has 1 aliphatic heterocycles. The van der Waals surface area contributed by atoms with Crippen molar-refractivity contribution < 1.29 is 9.18 Å². The topological polar surface area (TPSA) is 68.9 Å². The normalized spacial score (nSPS) is 16.8. The quantitative estimate of drug-likeness (QED) is 0.865. The van der Waals surface area contributed by atoms with Gasteiger partial charge in [0.2, 0.25) is 5.91 Å². The number of benzene rings is 1. The van der Waals surface area contributed by atoms with E-state index in [1.807, 2.05) is 6.92 Å². The first kappa shape index (κ1) is 18.6. The molecule has 1 amide bonds. The molecule has 0 fully saturated rings. The summed E-state index contributed by atoms with van der Waals surface area (Å²) in [6.45, 7) is 3.13. The smallest absolute Gasteiger partial charge is 0.345 e. The third-order valence-corrected chi connectivity index (χ3v) is 4.97. The second kappa shape index (κ2) is 8.03. The van der Waals surface area contributed by atoms with E-state index in [9.17, 15) is 14.0 Å².